The molecule has 1 saturated carbocycles. The lowest BCUT2D eigenvalue weighted by atomic mass is 9.96. The number of aryl methyl sites for hydroxylation is 1. The van der Waals surface area contributed by atoms with Gasteiger partial charge in [-0.1, -0.05) is 37.5 Å². The molecule has 1 aromatic carbocycles. The summed E-state index contributed by atoms with van der Waals surface area (Å²) in [6.45, 7) is 2.74. The minimum atomic E-state index is -0.132. The van der Waals surface area contributed by atoms with E-state index in [9.17, 15) is 9.59 Å². The number of fused-ring (bicyclic) bond motifs is 1. The lowest BCUT2D eigenvalue weighted by molar-refractivity contribution is 0.232. The standard InChI is InChI=1S/C19H25N3O2/c1-14-13-15-7-5-6-10-17(15)22(18(14)23)12-11-20-19(24)21-16-8-3-2-4-9-16/h5-7,10,13,16H,2-4,8-9,11-12H2,1H3,(H2,20,21,24). The van der Waals surface area contributed by atoms with Gasteiger partial charge in [-0.3, -0.25) is 4.79 Å². The van der Waals surface area contributed by atoms with Gasteiger partial charge in [-0.2, -0.15) is 0 Å². The molecule has 0 atom stereocenters. The summed E-state index contributed by atoms with van der Waals surface area (Å²) in [7, 11) is 0. The largest absolute Gasteiger partial charge is 0.336 e. The van der Waals surface area contributed by atoms with Crippen molar-refractivity contribution in [2.24, 2.45) is 0 Å². The van der Waals surface area contributed by atoms with Crippen LogP contribution >= 0.6 is 0 Å². The fourth-order valence-electron chi connectivity index (χ4n) is 3.46. The monoisotopic (exact) mass is 327 g/mol. The molecule has 2 aromatic rings. The Balaban J connectivity index is 1.62. The van der Waals surface area contributed by atoms with Gasteiger partial charge >= 0.3 is 6.03 Å². The first-order chi connectivity index (χ1) is 11.6. The van der Waals surface area contributed by atoms with Gasteiger partial charge < -0.3 is 15.2 Å². The number of carbonyl (C=O) groups excluding carboxylic acids is 1. The number of hydrogen-bond donors (Lipinski definition) is 2. The van der Waals surface area contributed by atoms with E-state index in [4.69, 9.17) is 0 Å². The number of urea groups is 1. The van der Waals surface area contributed by atoms with Crippen LogP contribution in [0.25, 0.3) is 10.9 Å². The Morgan fingerprint density at radius 3 is 2.75 bits per heavy atom. The van der Waals surface area contributed by atoms with Crippen molar-refractivity contribution in [2.45, 2.75) is 51.6 Å². The van der Waals surface area contributed by atoms with Crippen LogP contribution in [0.4, 0.5) is 4.79 Å². The first-order valence-corrected chi connectivity index (χ1v) is 8.79. The molecule has 2 amide bonds. The zero-order valence-corrected chi connectivity index (χ0v) is 14.2. The average Bonchev–Trinajstić information content (AvgIpc) is 2.59. The van der Waals surface area contributed by atoms with Crippen molar-refractivity contribution < 1.29 is 4.79 Å². The number of nitrogens with zero attached hydrogens (tertiary/aromatic N) is 1. The molecule has 1 fully saturated rings. The van der Waals surface area contributed by atoms with E-state index in [1.54, 1.807) is 4.57 Å². The van der Waals surface area contributed by atoms with Crippen LogP contribution in [-0.4, -0.2) is 23.2 Å². The van der Waals surface area contributed by atoms with E-state index in [0.717, 1.165) is 29.3 Å². The molecule has 1 aromatic heterocycles. The Kier molecular flexibility index (Phi) is 5.18. The van der Waals surface area contributed by atoms with E-state index in [0.29, 0.717) is 19.1 Å². The number of benzene rings is 1. The summed E-state index contributed by atoms with van der Waals surface area (Å²) in [6.07, 6.45) is 5.78. The number of aromatic nitrogens is 1. The van der Waals surface area contributed by atoms with Crippen molar-refractivity contribution in [3.63, 3.8) is 0 Å². The number of carbonyl (C=O) groups is 1. The van der Waals surface area contributed by atoms with Gasteiger partial charge in [-0.15, -0.1) is 0 Å². The topological polar surface area (TPSA) is 63.1 Å². The Morgan fingerprint density at radius 1 is 1.21 bits per heavy atom. The summed E-state index contributed by atoms with van der Waals surface area (Å²) in [5.41, 5.74) is 1.63. The van der Waals surface area contributed by atoms with Crippen molar-refractivity contribution in [3.05, 3.63) is 46.2 Å². The molecule has 0 saturated heterocycles. The number of amides is 2. The molecule has 5 heteroatoms. The van der Waals surface area contributed by atoms with Gasteiger partial charge in [-0.05, 0) is 37.3 Å². The molecule has 0 spiro atoms. The highest BCUT2D eigenvalue weighted by atomic mass is 16.2. The third-order valence-electron chi connectivity index (χ3n) is 4.74. The summed E-state index contributed by atoms with van der Waals surface area (Å²) >= 11 is 0. The highest BCUT2D eigenvalue weighted by molar-refractivity contribution is 5.79. The predicted octanol–water partition coefficient (Wildman–Crippen LogP) is 2.94. The van der Waals surface area contributed by atoms with E-state index in [1.807, 2.05) is 37.3 Å². The third kappa shape index (κ3) is 3.78. The van der Waals surface area contributed by atoms with Gasteiger partial charge in [0.2, 0.25) is 0 Å². The minimum Gasteiger partial charge on any atom is -0.336 e. The van der Waals surface area contributed by atoms with E-state index >= 15 is 0 Å². The molecule has 0 unspecified atom stereocenters. The van der Waals surface area contributed by atoms with Crippen LogP contribution in [0.5, 0.6) is 0 Å². The summed E-state index contributed by atoms with van der Waals surface area (Å²) in [6, 6.07) is 9.91. The van der Waals surface area contributed by atoms with E-state index in [1.165, 1.54) is 19.3 Å². The lowest BCUT2D eigenvalue weighted by Gasteiger charge is -2.23. The van der Waals surface area contributed by atoms with Crippen LogP contribution in [0, 0.1) is 6.92 Å². The van der Waals surface area contributed by atoms with Gasteiger partial charge in [0.15, 0.2) is 0 Å². The summed E-state index contributed by atoms with van der Waals surface area (Å²) in [5, 5.41) is 6.95. The molecule has 1 aliphatic rings. The van der Waals surface area contributed by atoms with Gasteiger partial charge in [0, 0.05) is 24.7 Å². The SMILES string of the molecule is Cc1cc2ccccc2n(CCNC(=O)NC2CCCCC2)c1=O. The summed E-state index contributed by atoms with van der Waals surface area (Å²) in [4.78, 5) is 24.4. The van der Waals surface area contributed by atoms with Crippen molar-refractivity contribution in [1.29, 1.82) is 0 Å². The Hall–Kier alpha value is -2.30. The van der Waals surface area contributed by atoms with Gasteiger partial charge in [0.1, 0.15) is 0 Å². The van der Waals surface area contributed by atoms with Crippen molar-refractivity contribution in [2.75, 3.05) is 6.54 Å². The van der Waals surface area contributed by atoms with E-state index in [2.05, 4.69) is 10.6 Å². The maximum absolute atomic E-state index is 12.4. The molecule has 0 bridgehead atoms. The Morgan fingerprint density at radius 2 is 1.96 bits per heavy atom. The number of hydrogen-bond acceptors (Lipinski definition) is 2. The van der Waals surface area contributed by atoms with Crippen LogP contribution in [0.2, 0.25) is 0 Å². The molecular weight excluding hydrogens is 302 g/mol. The van der Waals surface area contributed by atoms with Crippen LogP contribution in [-0.2, 0) is 6.54 Å². The normalized spacial score (nSPS) is 15.4. The molecule has 24 heavy (non-hydrogen) atoms. The first-order valence-electron chi connectivity index (χ1n) is 8.79. The second-order valence-electron chi connectivity index (χ2n) is 6.58. The van der Waals surface area contributed by atoms with Gasteiger partial charge in [-0.25, -0.2) is 4.79 Å². The highest BCUT2D eigenvalue weighted by Crippen LogP contribution is 2.17. The Bertz CT molecular complexity index is 776. The van der Waals surface area contributed by atoms with Crippen LogP contribution in [0.3, 0.4) is 0 Å². The first kappa shape index (κ1) is 16.6. The molecule has 0 radical (unpaired) electrons. The van der Waals surface area contributed by atoms with Crippen LogP contribution in [0.15, 0.2) is 35.1 Å². The minimum absolute atomic E-state index is 0.00295. The highest BCUT2D eigenvalue weighted by Gasteiger charge is 2.15. The molecule has 5 nitrogen and oxygen atoms in total. The molecule has 1 heterocycles. The maximum Gasteiger partial charge on any atom is 0.315 e. The number of rotatable bonds is 4. The number of para-hydroxylation sites is 1. The second kappa shape index (κ2) is 7.51. The molecule has 128 valence electrons. The average molecular weight is 327 g/mol. The fraction of sp³-hybridized carbons (Fsp3) is 0.474. The van der Waals surface area contributed by atoms with Crippen LogP contribution < -0.4 is 16.2 Å². The lowest BCUT2D eigenvalue weighted by Crippen LogP contribution is -2.44. The molecule has 3 rings (SSSR count). The summed E-state index contributed by atoms with van der Waals surface area (Å²) < 4.78 is 1.74. The quantitative estimate of drug-likeness (QED) is 0.907. The third-order valence-corrected chi connectivity index (χ3v) is 4.74. The summed E-state index contributed by atoms with van der Waals surface area (Å²) in [5.74, 6) is 0. The second-order valence-corrected chi connectivity index (χ2v) is 6.58. The van der Waals surface area contributed by atoms with E-state index < -0.39 is 0 Å². The van der Waals surface area contributed by atoms with Gasteiger partial charge in [0.25, 0.3) is 5.56 Å². The fourth-order valence-corrected chi connectivity index (χ4v) is 3.46. The molecule has 1 aliphatic carbocycles. The number of pyridine rings is 1. The van der Waals surface area contributed by atoms with E-state index in [-0.39, 0.29) is 11.6 Å². The maximum atomic E-state index is 12.4. The Labute approximate surface area is 142 Å². The number of nitrogens with one attached hydrogen (secondary N) is 2. The zero-order chi connectivity index (χ0) is 16.9. The zero-order valence-electron chi connectivity index (χ0n) is 14.2. The van der Waals surface area contributed by atoms with Crippen molar-refractivity contribution >= 4 is 16.9 Å². The molecule has 0 aliphatic heterocycles. The molecule has 2 N–H and O–H groups in total. The van der Waals surface area contributed by atoms with Crippen LogP contribution in [0.1, 0.15) is 37.7 Å². The van der Waals surface area contributed by atoms with Crippen molar-refractivity contribution in [1.82, 2.24) is 15.2 Å². The molecular formula is C19H25N3O2. The smallest absolute Gasteiger partial charge is 0.315 e. The van der Waals surface area contributed by atoms with Crippen molar-refractivity contribution in [3.8, 4) is 0 Å². The predicted molar refractivity (Wildman–Crippen MR) is 96.4 cm³/mol. The van der Waals surface area contributed by atoms with Gasteiger partial charge in [0.05, 0.1) is 5.52 Å².